The molecular weight excluding hydrogens is 578 g/mol. The van der Waals surface area contributed by atoms with Gasteiger partial charge < -0.3 is 25.2 Å². The minimum absolute atomic E-state index is 0.0118. The van der Waals surface area contributed by atoms with E-state index in [4.69, 9.17) is 9.47 Å². The van der Waals surface area contributed by atoms with E-state index in [-0.39, 0.29) is 47.3 Å². The van der Waals surface area contributed by atoms with Crippen molar-refractivity contribution in [1.82, 2.24) is 5.32 Å². The van der Waals surface area contributed by atoms with E-state index in [0.29, 0.717) is 22.8 Å². The van der Waals surface area contributed by atoms with E-state index in [1.54, 1.807) is 42.5 Å². The van der Waals surface area contributed by atoms with Crippen LogP contribution in [0.15, 0.2) is 97.1 Å². The van der Waals surface area contributed by atoms with Crippen molar-refractivity contribution in [1.29, 1.82) is 0 Å². The molecular formula is C34H31N3O8. The third-order valence-corrected chi connectivity index (χ3v) is 7.43. The van der Waals surface area contributed by atoms with Gasteiger partial charge in [-0.3, -0.25) is 19.7 Å². The maximum Gasteiger partial charge on any atom is 0.337 e. The van der Waals surface area contributed by atoms with E-state index in [0.717, 1.165) is 31.2 Å². The molecule has 0 saturated heterocycles. The van der Waals surface area contributed by atoms with Crippen molar-refractivity contribution >= 4 is 29.2 Å². The average Bonchev–Trinajstić information content (AvgIpc) is 3.04. The molecule has 0 aromatic heterocycles. The summed E-state index contributed by atoms with van der Waals surface area (Å²) in [6.07, 6.45) is 3.18. The van der Waals surface area contributed by atoms with Gasteiger partial charge in [0.2, 0.25) is 5.91 Å². The zero-order chi connectivity index (χ0) is 31.8. The lowest BCUT2D eigenvalue weighted by atomic mass is 9.92. The number of rotatable bonds is 11. The zero-order valence-electron chi connectivity index (χ0n) is 24.2. The van der Waals surface area contributed by atoms with Crippen LogP contribution < -0.4 is 20.1 Å². The first-order valence-corrected chi connectivity index (χ1v) is 14.4. The molecule has 11 heteroatoms. The molecule has 0 bridgehead atoms. The highest BCUT2D eigenvalue weighted by Gasteiger charge is 2.24. The van der Waals surface area contributed by atoms with Gasteiger partial charge in [0.1, 0.15) is 17.2 Å². The van der Waals surface area contributed by atoms with Crippen LogP contribution in [0.3, 0.4) is 0 Å². The molecule has 0 spiro atoms. The number of para-hydroxylation sites is 1. The molecule has 3 N–H and O–H groups in total. The number of amides is 2. The third-order valence-electron chi connectivity index (χ3n) is 7.43. The van der Waals surface area contributed by atoms with Gasteiger partial charge >= 0.3 is 5.97 Å². The van der Waals surface area contributed by atoms with Crippen LogP contribution in [-0.2, 0) is 11.2 Å². The van der Waals surface area contributed by atoms with Crippen LogP contribution in [0.4, 0.5) is 11.4 Å². The highest BCUT2D eigenvalue weighted by atomic mass is 16.6. The van der Waals surface area contributed by atoms with Gasteiger partial charge in [-0.15, -0.1) is 0 Å². The average molecular weight is 610 g/mol. The second-order valence-corrected chi connectivity index (χ2v) is 10.7. The van der Waals surface area contributed by atoms with Crippen molar-refractivity contribution < 1.29 is 33.9 Å². The SMILES string of the molecule is O=C(Cc1ccc(Oc2ccc(OC3CCC(NC(=O)c4ccc([N+](=O)[O-])cc4)CC3)cc2)cc1)Nc1ccccc1C(=O)O. The molecule has 1 aliphatic carbocycles. The molecule has 0 radical (unpaired) electrons. The summed E-state index contributed by atoms with van der Waals surface area (Å²) in [5.74, 6) is 0.249. The Kier molecular flexibility index (Phi) is 9.68. The molecule has 5 rings (SSSR count). The number of carbonyl (C=O) groups excluding carboxylic acids is 2. The molecule has 1 aliphatic rings. The summed E-state index contributed by atoms with van der Waals surface area (Å²) in [6.45, 7) is 0. The van der Waals surface area contributed by atoms with Gasteiger partial charge in [0.05, 0.1) is 28.7 Å². The monoisotopic (exact) mass is 609 g/mol. The highest BCUT2D eigenvalue weighted by Crippen LogP contribution is 2.28. The van der Waals surface area contributed by atoms with Gasteiger partial charge in [0, 0.05) is 23.7 Å². The van der Waals surface area contributed by atoms with Gasteiger partial charge in [-0.05, 0) is 91.9 Å². The second kappa shape index (κ2) is 14.2. The zero-order valence-corrected chi connectivity index (χ0v) is 24.2. The lowest BCUT2D eigenvalue weighted by molar-refractivity contribution is -0.384. The second-order valence-electron chi connectivity index (χ2n) is 10.7. The fourth-order valence-corrected chi connectivity index (χ4v) is 5.08. The van der Waals surface area contributed by atoms with Crippen LogP contribution >= 0.6 is 0 Å². The summed E-state index contributed by atoms with van der Waals surface area (Å²) in [5.41, 5.74) is 1.36. The molecule has 1 fully saturated rings. The number of non-ortho nitro benzene ring substituents is 1. The minimum atomic E-state index is -1.11. The molecule has 0 atom stereocenters. The quantitative estimate of drug-likeness (QED) is 0.130. The predicted octanol–water partition coefficient (Wildman–Crippen LogP) is 6.39. The summed E-state index contributed by atoms with van der Waals surface area (Å²) in [6, 6.07) is 26.2. The van der Waals surface area contributed by atoms with Crippen LogP contribution in [0, 0.1) is 10.1 Å². The molecule has 0 unspecified atom stereocenters. The number of ether oxygens (including phenoxy) is 2. The topological polar surface area (TPSA) is 157 Å². The summed E-state index contributed by atoms with van der Waals surface area (Å²) >= 11 is 0. The maximum absolute atomic E-state index is 12.5. The van der Waals surface area contributed by atoms with Gasteiger partial charge in [-0.2, -0.15) is 0 Å². The van der Waals surface area contributed by atoms with Gasteiger partial charge in [0.15, 0.2) is 0 Å². The standard InChI is InChI=1S/C34H31N3O8/c38-32(36-31-4-2-1-3-30(31)34(40)41)21-22-5-13-26(14-6-22)44-28-17-19-29(20-18-28)45-27-15-9-24(10-16-27)35-33(39)23-7-11-25(12-8-23)37(42)43/h1-8,11-14,17-20,24,27H,9-10,15-16,21H2,(H,35,39)(H,36,38)(H,40,41). The smallest absolute Gasteiger partial charge is 0.337 e. The number of hydrogen-bond acceptors (Lipinski definition) is 7. The molecule has 1 saturated carbocycles. The van der Waals surface area contributed by atoms with Crippen LogP contribution in [0.5, 0.6) is 17.2 Å². The molecule has 230 valence electrons. The fourth-order valence-electron chi connectivity index (χ4n) is 5.08. The summed E-state index contributed by atoms with van der Waals surface area (Å²) in [5, 5.41) is 25.8. The Morgan fingerprint density at radius 1 is 0.800 bits per heavy atom. The van der Waals surface area contributed by atoms with Crippen molar-refractivity contribution in [3.63, 3.8) is 0 Å². The molecule has 0 aliphatic heterocycles. The Hall–Kier alpha value is -5.71. The Morgan fingerprint density at radius 3 is 2.02 bits per heavy atom. The lowest BCUT2D eigenvalue weighted by Gasteiger charge is -2.29. The minimum Gasteiger partial charge on any atom is -0.490 e. The number of nitrogens with one attached hydrogen (secondary N) is 2. The lowest BCUT2D eigenvalue weighted by Crippen LogP contribution is -2.39. The van der Waals surface area contributed by atoms with Crippen molar-refractivity contribution in [3.8, 4) is 17.2 Å². The number of carbonyl (C=O) groups is 3. The first-order chi connectivity index (χ1) is 21.7. The van der Waals surface area contributed by atoms with Crippen LogP contribution in [-0.4, -0.2) is 40.0 Å². The van der Waals surface area contributed by atoms with Crippen LogP contribution in [0.2, 0.25) is 0 Å². The van der Waals surface area contributed by atoms with Gasteiger partial charge in [-0.1, -0.05) is 24.3 Å². The van der Waals surface area contributed by atoms with E-state index < -0.39 is 10.9 Å². The number of nitro groups is 1. The number of benzene rings is 4. The number of nitro benzene ring substituents is 1. The molecule has 45 heavy (non-hydrogen) atoms. The number of carboxylic acids is 1. The first-order valence-electron chi connectivity index (χ1n) is 14.4. The van der Waals surface area contributed by atoms with Crippen molar-refractivity contribution in [2.45, 2.75) is 44.2 Å². The molecule has 4 aromatic carbocycles. The number of hydrogen-bond donors (Lipinski definition) is 3. The Labute approximate surface area is 259 Å². The predicted molar refractivity (Wildman–Crippen MR) is 166 cm³/mol. The number of anilines is 1. The van der Waals surface area contributed by atoms with Crippen molar-refractivity contribution in [2.75, 3.05) is 5.32 Å². The van der Waals surface area contributed by atoms with Crippen LogP contribution in [0.25, 0.3) is 0 Å². The summed E-state index contributed by atoms with van der Waals surface area (Å²) < 4.78 is 12.1. The van der Waals surface area contributed by atoms with Gasteiger partial charge in [-0.25, -0.2) is 4.79 Å². The summed E-state index contributed by atoms with van der Waals surface area (Å²) in [7, 11) is 0. The normalized spacial score (nSPS) is 15.8. The molecule has 4 aromatic rings. The van der Waals surface area contributed by atoms with Gasteiger partial charge in [0.25, 0.3) is 11.6 Å². The highest BCUT2D eigenvalue weighted by molar-refractivity contribution is 6.01. The van der Waals surface area contributed by atoms with Crippen LogP contribution in [0.1, 0.15) is 52.0 Å². The van der Waals surface area contributed by atoms with Crippen molar-refractivity contribution in [3.05, 3.63) is 124 Å². The Bertz CT molecular complexity index is 1660. The molecule has 11 nitrogen and oxygen atoms in total. The van der Waals surface area contributed by atoms with Crippen molar-refractivity contribution in [2.24, 2.45) is 0 Å². The first kappa shape index (κ1) is 30.7. The largest absolute Gasteiger partial charge is 0.490 e. The van der Waals surface area contributed by atoms with E-state index in [1.807, 2.05) is 24.3 Å². The number of nitrogens with zero attached hydrogens (tertiary/aromatic N) is 1. The molecule has 0 heterocycles. The Balaban J connectivity index is 1.05. The third kappa shape index (κ3) is 8.44. The fraction of sp³-hybridized carbons (Fsp3) is 0.206. The van der Waals surface area contributed by atoms with E-state index in [2.05, 4.69) is 10.6 Å². The van der Waals surface area contributed by atoms with E-state index >= 15 is 0 Å². The van der Waals surface area contributed by atoms with E-state index in [9.17, 15) is 29.6 Å². The summed E-state index contributed by atoms with van der Waals surface area (Å²) in [4.78, 5) is 46.7. The maximum atomic E-state index is 12.5. The molecule has 2 amide bonds. The number of aromatic carboxylic acids is 1. The van der Waals surface area contributed by atoms with E-state index in [1.165, 1.54) is 30.3 Å². The number of carboxylic acid groups (broad SMARTS) is 1. The Morgan fingerprint density at radius 2 is 1.40 bits per heavy atom.